The van der Waals surface area contributed by atoms with Gasteiger partial charge in [0.25, 0.3) is 0 Å². The quantitative estimate of drug-likeness (QED) is 0.0472. The Balaban J connectivity index is 3.90. The Kier molecular flexibility index (Phi) is 40.9. The topological polar surface area (TPSA) is 0 Å². The minimum atomic E-state index is 0.326. The maximum absolute atomic E-state index is 2.32. The van der Waals surface area contributed by atoms with E-state index in [-0.39, 0.29) is 0 Å². The van der Waals surface area contributed by atoms with Gasteiger partial charge in [0.15, 0.2) is 0 Å². The predicted octanol–water partition coefficient (Wildman–Crippen LogP) is 16.6. The molecule has 0 fully saturated rings. The Labute approximate surface area is 277 Å². The third-order valence-electron chi connectivity index (χ3n) is 9.98. The zero-order chi connectivity index (χ0) is 31.2. The van der Waals surface area contributed by atoms with E-state index < -0.39 is 0 Å². The first kappa shape index (κ1) is 43.4. The Morgan fingerprint density at radius 3 is 0.488 bits per heavy atom. The highest BCUT2D eigenvalue weighted by molar-refractivity contribution is 7.57. The Hall–Kier alpha value is 0.430. The summed E-state index contributed by atoms with van der Waals surface area (Å²) in [4.78, 5) is 0. The summed E-state index contributed by atoms with van der Waals surface area (Å²) in [5.74, 6) is 0. The maximum atomic E-state index is 2.32. The molecule has 0 aromatic heterocycles. The van der Waals surface area contributed by atoms with Crippen LogP contribution in [0.15, 0.2) is 0 Å². The van der Waals surface area contributed by atoms with Crippen molar-refractivity contribution in [1.29, 1.82) is 0 Å². The molecule has 0 N–H and O–H groups in total. The van der Waals surface area contributed by atoms with Gasteiger partial charge in [0, 0.05) is 0 Å². The van der Waals surface area contributed by atoms with Crippen LogP contribution in [-0.4, -0.2) is 18.5 Å². The second kappa shape index (κ2) is 40.5. The summed E-state index contributed by atoms with van der Waals surface area (Å²) in [6.45, 7) is 6.96. The molecule has 0 rings (SSSR count). The van der Waals surface area contributed by atoms with Gasteiger partial charge in [-0.2, -0.15) is 0 Å². The van der Waals surface area contributed by atoms with E-state index in [4.69, 9.17) is 0 Å². The summed E-state index contributed by atoms with van der Waals surface area (Å²) in [6, 6.07) is 0. The third kappa shape index (κ3) is 38.5. The molecule has 0 aliphatic rings. The average molecular weight is 623 g/mol. The lowest BCUT2D eigenvalue weighted by Gasteiger charge is -2.18. The molecule has 0 saturated carbocycles. The normalized spacial score (nSPS) is 11.7. The van der Waals surface area contributed by atoms with Crippen molar-refractivity contribution in [3.05, 3.63) is 0 Å². The SMILES string of the molecule is CCCCCCCCCCCCCCP(CCCCCCCCCCCCCC)CCCCCCCCCCCCCC. The van der Waals surface area contributed by atoms with Crippen molar-refractivity contribution < 1.29 is 0 Å². The molecule has 0 spiro atoms. The van der Waals surface area contributed by atoms with Gasteiger partial charge < -0.3 is 0 Å². The van der Waals surface area contributed by atoms with Crippen LogP contribution in [0.4, 0.5) is 0 Å². The fraction of sp³-hybridized carbons (Fsp3) is 1.00. The van der Waals surface area contributed by atoms with Crippen LogP contribution < -0.4 is 0 Å². The minimum Gasteiger partial charge on any atom is -0.107 e. The van der Waals surface area contributed by atoms with Gasteiger partial charge in [-0.15, -0.1) is 7.92 Å². The van der Waals surface area contributed by atoms with Gasteiger partial charge in [0.2, 0.25) is 0 Å². The third-order valence-corrected chi connectivity index (χ3v) is 12.8. The summed E-state index contributed by atoms with van der Waals surface area (Å²) in [6.07, 6.45) is 58.3. The van der Waals surface area contributed by atoms with Crippen molar-refractivity contribution >= 4 is 7.92 Å². The van der Waals surface area contributed by atoms with Crippen molar-refractivity contribution in [2.75, 3.05) is 18.5 Å². The van der Waals surface area contributed by atoms with Crippen LogP contribution in [0.5, 0.6) is 0 Å². The molecule has 1 heteroatoms. The van der Waals surface area contributed by atoms with Crippen LogP contribution in [-0.2, 0) is 0 Å². The van der Waals surface area contributed by atoms with E-state index in [1.165, 1.54) is 212 Å². The fourth-order valence-electron chi connectivity index (χ4n) is 6.86. The molecule has 43 heavy (non-hydrogen) atoms. The fourth-order valence-corrected chi connectivity index (χ4v) is 9.55. The molecule has 0 aromatic carbocycles. The highest BCUT2D eigenvalue weighted by Gasteiger charge is 2.08. The van der Waals surface area contributed by atoms with Gasteiger partial charge >= 0.3 is 0 Å². The van der Waals surface area contributed by atoms with E-state index >= 15 is 0 Å². The molecule has 0 aliphatic carbocycles. The predicted molar refractivity (Wildman–Crippen MR) is 205 cm³/mol. The molecule has 0 heterocycles. The smallest absolute Gasteiger partial charge is 0.0326 e. The molecule has 0 amide bonds. The van der Waals surface area contributed by atoms with E-state index in [1.54, 1.807) is 37.7 Å². The average Bonchev–Trinajstić information content (AvgIpc) is 3.02. The van der Waals surface area contributed by atoms with Gasteiger partial charge in [0.1, 0.15) is 0 Å². The van der Waals surface area contributed by atoms with Crippen molar-refractivity contribution in [2.45, 2.75) is 252 Å². The van der Waals surface area contributed by atoms with Crippen molar-refractivity contribution in [3.8, 4) is 0 Å². The van der Waals surface area contributed by atoms with E-state index in [0.717, 1.165) is 0 Å². The highest BCUT2D eigenvalue weighted by atomic mass is 31.1. The van der Waals surface area contributed by atoms with Gasteiger partial charge in [-0.3, -0.25) is 0 Å². The molecule has 0 saturated heterocycles. The number of rotatable bonds is 39. The van der Waals surface area contributed by atoms with Gasteiger partial charge in [-0.25, -0.2) is 0 Å². The van der Waals surface area contributed by atoms with Crippen molar-refractivity contribution in [3.63, 3.8) is 0 Å². The van der Waals surface area contributed by atoms with Crippen LogP contribution in [0.25, 0.3) is 0 Å². The van der Waals surface area contributed by atoms with Gasteiger partial charge in [-0.1, -0.05) is 233 Å². The van der Waals surface area contributed by atoms with Gasteiger partial charge in [0.05, 0.1) is 0 Å². The molecule has 0 bridgehead atoms. The minimum absolute atomic E-state index is 0.326. The molecular weight excluding hydrogens is 535 g/mol. The summed E-state index contributed by atoms with van der Waals surface area (Å²) < 4.78 is 0. The summed E-state index contributed by atoms with van der Waals surface area (Å²) in [5, 5.41) is 0. The molecule has 0 atom stereocenters. The second-order valence-electron chi connectivity index (χ2n) is 14.5. The Morgan fingerprint density at radius 2 is 0.326 bits per heavy atom. The largest absolute Gasteiger partial charge is 0.107 e. The van der Waals surface area contributed by atoms with E-state index in [0.29, 0.717) is 7.92 Å². The van der Waals surface area contributed by atoms with E-state index in [9.17, 15) is 0 Å². The molecule has 260 valence electrons. The monoisotopic (exact) mass is 623 g/mol. The lowest BCUT2D eigenvalue weighted by atomic mass is 10.1. The van der Waals surface area contributed by atoms with E-state index in [1.807, 2.05) is 0 Å². The zero-order valence-corrected chi connectivity index (χ0v) is 31.9. The van der Waals surface area contributed by atoms with Gasteiger partial charge in [-0.05, 0) is 37.7 Å². The van der Waals surface area contributed by atoms with Crippen LogP contribution in [0.2, 0.25) is 0 Å². The zero-order valence-electron chi connectivity index (χ0n) is 31.0. The first-order valence-electron chi connectivity index (χ1n) is 21.1. The summed E-state index contributed by atoms with van der Waals surface area (Å²) >= 11 is 0. The number of hydrogen-bond donors (Lipinski definition) is 0. The summed E-state index contributed by atoms with van der Waals surface area (Å²) in [7, 11) is 0.326. The van der Waals surface area contributed by atoms with E-state index in [2.05, 4.69) is 20.8 Å². The highest BCUT2D eigenvalue weighted by Crippen LogP contribution is 2.39. The lowest BCUT2D eigenvalue weighted by Crippen LogP contribution is -1.97. The van der Waals surface area contributed by atoms with Crippen LogP contribution in [0.3, 0.4) is 0 Å². The standard InChI is InChI=1S/C42H87P/c1-4-7-10-13-16-19-22-25-28-31-34-37-40-43(41-38-35-32-29-26-23-20-17-14-11-8-5-2)42-39-36-33-30-27-24-21-18-15-12-9-6-3/h4-42H2,1-3H3. The molecule has 0 aromatic rings. The summed E-state index contributed by atoms with van der Waals surface area (Å²) in [5.41, 5.74) is 0. The number of hydrogen-bond acceptors (Lipinski definition) is 0. The van der Waals surface area contributed by atoms with Crippen LogP contribution >= 0.6 is 7.92 Å². The van der Waals surface area contributed by atoms with Crippen molar-refractivity contribution in [1.82, 2.24) is 0 Å². The molecule has 0 aliphatic heterocycles. The van der Waals surface area contributed by atoms with Crippen LogP contribution in [0, 0.1) is 0 Å². The number of unbranched alkanes of at least 4 members (excludes halogenated alkanes) is 33. The first-order chi connectivity index (χ1) is 21.3. The first-order valence-corrected chi connectivity index (χ1v) is 23.0. The lowest BCUT2D eigenvalue weighted by molar-refractivity contribution is 0.546. The maximum Gasteiger partial charge on any atom is -0.0326 e. The Morgan fingerprint density at radius 1 is 0.186 bits per heavy atom. The molecule has 0 nitrogen and oxygen atoms in total. The molecule has 0 radical (unpaired) electrons. The molecule has 0 unspecified atom stereocenters. The Bertz CT molecular complexity index is 393. The second-order valence-corrected chi connectivity index (χ2v) is 17.2. The van der Waals surface area contributed by atoms with Crippen LogP contribution in [0.1, 0.15) is 252 Å². The molecular formula is C42H87P. The van der Waals surface area contributed by atoms with Crippen molar-refractivity contribution in [2.24, 2.45) is 0 Å².